The summed E-state index contributed by atoms with van der Waals surface area (Å²) < 4.78 is 0. The predicted octanol–water partition coefficient (Wildman–Crippen LogP) is 2.69. The van der Waals surface area contributed by atoms with E-state index in [0.717, 1.165) is 27.8 Å². The summed E-state index contributed by atoms with van der Waals surface area (Å²) >= 11 is 0. The van der Waals surface area contributed by atoms with Crippen molar-refractivity contribution in [1.29, 1.82) is 0 Å². The number of hydrogen-bond acceptors (Lipinski definition) is 2. The molecule has 0 spiro atoms. The van der Waals surface area contributed by atoms with E-state index in [9.17, 15) is 4.79 Å². The molecule has 0 aliphatic rings. The molecule has 3 nitrogen and oxygen atoms in total. The number of carbonyl (C=O) groups is 1. The van der Waals surface area contributed by atoms with Crippen LogP contribution in [0.5, 0.6) is 0 Å². The summed E-state index contributed by atoms with van der Waals surface area (Å²) in [6, 6.07) is 13.8. The molecule has 2 rings (SSSR count). The van der Waals surface area contributed by atoms with Gasteiger partial charge in [0.15, 0.2) is 0 Å². The van der Waals surface area contributed by atoms with Gasteiger partial charge in [-0.15, -0.1) is 0 Å². The topological polar surface area (TPSA) is 55.1 Å². The Balaban J connectivity index is 2.04. The second-order valence-electron chi connectivity index (χ2n) is 5.03. The number of nitrogens with one attached hydrogen (secondary N) is 1. The molecule has 0 aliphatic heterocycles. The molecule has 104 valence electrons. The van der Waals surface area contributed by atoms with Crippen molar-refractivity contribution in [2.24, 2.45) is 5.73 Å². The Morgan fingerprint density at radius 3 is 2.55 bits per heavy atom. The summed E-state index contributed by atoms with van der Waals surface area (Å²) in [7, 11) is 0. The van der Waals surface area contributed by atoms with Crippen molar-refractivity contribution in [3.05, 3.63) is 70.3 Å². The van der Waals surface area contributed by atoms with Crippen molar-refractivity contribution >= 4 is 5.91 Å². The Bertz CT molecular complexity index is 620. The minimum absolute atomic E-state index is 0.0411. The van der Waals surface area contributed by atoms with E-state index >= 15 is 0 Å². The molecule has 0 radical (unpaired) electrons. The van der Waals surface area contributed by atoms with E-state index in [1.54, 1.807) is 0 Å². The molecular weight excluding hydrogens is 248 g/mol. The van der Waals surface area contributed by atoms with Crippen molar-refractivity contribution in [2.45, 2.75) is 26.9 Å². The van der Waals surface area contributed by atoms with Crippen molar-refractivity contribution in [1.82, 2.24) is 5.32 Å². The second kappa shape index (κ2) is 6.35. The Labute approximate surface area is 119 Å². The summed E-state index contributed by atoms with van der Waals surface area (Å²) in [4.78, 5) is 12.2. The SMILES string of the molecule is Cc1ccc(C(=O)NCc2cccc(CN)c2)c(C)c1. The average Bonchev–Trinajstić information content (AvgIpc) is 2.45. The molecule has 0 saturated heterocycles. The number of aryl methyl sites for hydroxylation is 2. The van der Waals surface area contributed by atoms with Crippen molar-refractivity contribution in [2.75, 3.05) is 0 Å². The first-order valence-electron chi connectivity index (χ1n) is 6.73. The van der Waals surface area contributed by atoms with Crippen LogP contribution in [-0.4, -0.2) is 5.91 Å². The Hall–Kier alpha value is -2.13. The normalized spacial score (nSPS) is 10.3. The van der Waals surface area contributed by atoms with Gasteiger partial charge in [0.25, 0.3) is 5.91 Å². The highest BCUT2D eigenvalue weighted by Crippen LogP contribution is 2.11. The molecule has 0 aliphatic carbocycles. The van der Waals surface area contributed by atoms with Crippen LogP contribution in [0.1, 0.15) is 32.6 Å². The zero-order valence-corrected chi connectivity index (χ0v) is 11.9. The van der Waals surface area contributed by atoms with Gasteiger partial charge in [0.05, 0.1) is 0 Å². The number of benzene rings is 2. The van der Waals surface area contributed by atoms with Gasteiger partial charge < -0.3 is 11.1 Å². The van der Waals surface area contributed by atoms with Crippen LogP contribution in [-0.2, 0) is 13.1 Å². The van der Waals surface area contributed by atoms with Gasteiger partial charge in [-0.3, -0.25) is 4.79 Å². The highest BCUT2D eigenvalue weighted by Gasteiger charge is 2.08. The van der Waals surface area contributed by atoms with E-state index in [4.69, 9.17) is 5.73 Å². The quantitative estimate of drug-likeness (QED) is 0.895. The van der Waals surface area contributed by atoms with Crippen LogP contribution in [0.3, 0.4) is 0 Å². The molecule has 20 heavy (non-hydrogen) atoms. The van der Waals surface area contributed by atoms with E-state index < -0.39 is 0 Å². The molecular formula is C17H20N2O. The minimum atomic E-state index is -0.0411. The van der Waals surface area contributed by atoms with E-state index in [0.29, 0.717) is 13.1 Å². The lowest BCUT2D eigenvalue weighted by atomic mass is 10.0. The van der Waals surface area contributed by atoms with Gasteiger partial charge in [0, 0.05) is 18.7 Å². The van der Waals surface area contributed by atoms with E-state index in [1.165, 1.54) is 0 Å². The molecule has 0 bridgehead atoms. The Morgan fingerprint density at radius 2 is 1.85 bits per heavy atom. The van der Waals surface area contributed by atoms with E-state index in [1.807, 2.05) is 56.3 Å². The lowest BCUT2D eigenvalue weighted by Gasteiger charge is -2.09. The number of hydrogen-bond donors (Lipinski definition) is 2. The fourth-order valence-electron chi connectivity index (χ4n) is 2.21. The average molecular weight is 268 g/mol. The smallest absolute Gasteiger partial charge is 0.251 e. The molecule has 0 fully saturated rings. The van der Waals surface area contributed by atoms with Gasteiger partial charge in [0.2, 0.25) is 0 Å². The molecule has 2 aromatic carbocycles. The van der Waals surface area contributed by atoms with Crippen LogP contribution in [0.25, 0.3) is 0 Å². The largest absolute Gasteiger partial charge is 0.348 e. The van der Waals surface area contributed by atoms with E-state index in [-0.39, 0.29) is 5.91 Å². The molecule has 1 amide bonds. The third kappa shape index (κ3) is 3.45. The maximum absolute atomic E-state index is 12.2. The highest BCUT2D eigenvalue weighted by molar-refractivity contribution is 5.95. The lowest BCUT2D eigenvalue weighted by molar-refractivity contribution is 0.0950. The van der Waals surface area contributed by atoms with Crippen LogP contribution >= 0.6 is 0 Å². The summed E-state index contributed by atoms with van der Waals surface area (Å²) in [5.74, 6) is -0.0411. The number of nitrogens with two attached hydrogens (primary N) is 1. The van der Waals surface area contributed by atoms with Gasteiger partial charge in [0.1, 0.15) is 0 Å². The van der Waals surface area contributed by atoms with Gasteiger partial charge in [-0.1, -0.05) is 42.0 Å². The summed E-state index contributed by atoms with van der Waals surface area (Å²) in [6.45, 7) is 5.00. The van der Waals surface area contributed by atoms with Gasteiger partial charge in [-0.25, -0.2) is 0 Å². The number of amides is 1. The Kier molecular flexibility index (Phi) is 4.53. The van der Waals surface area contributed by atoms with Crippen LogP contribution < -0.4 is 11.1 Å². The molecule has 3 heteroatoms. The van der Waals surface area contributed by atoms with Crippen molar-refractivity contribution in [3.63, 3.8) is 0 Å². The number of carbonyl (C=O) groups excluding carboxylic acids is 1. The molecule has 0 atom stereocenters. The fourth-order valence-corrected chi connectivity index (χ4v) is 2.21. The third-order valence-electron chi connectivity index (χ3n) is 3.31. The molecule has 0 saturated carbocycles. The summed E-state index contributed by atoms with van der Waals surface area (Å²) in [5, 5.41) is 2.95. The third-order valence-corrected chi connectivity index (χ3v) is 3.31. The minimum Gasteiger partial charge on any atom is -0.348 e. The highest BCUT2D eigenvalue weighted by atomic mass is 16.1. The van der Waals surface area contributed by atoms with Crippen LogP contribution in [0.15, 0.2) is 42.5 Å². The van der Waals surface area contributed by atoms with Crippen molar-refractivity contribution in [3.8, 4) is 0 Å². The van der Waals surface area contributed by atoms with Crippen LogP contribution in [0.2, 0.25) is 0 Å². The number of rotatable bonds is 4. The van der Waals surface area contributed by atoms with Gasteiger partial charge in [-0.05, 0) is 36.6 Å². The molecule has 3 N–H and O–H groups in total. The molecule has 0 aromatic heterocycles. The van der Waals surface area contributed by atoms with E-state index in [2.05, 4.69) is 5.32 Å². The summed E-state index contributed by atoms with van der Waals surface area (Å²) in [5.41, 5.74) is 10.6. The monoisotopic (exact) mass is 268 g/mol. The van der Waals surface area contributed by atoms with Crippen LogP contribution in [0.4, 0.5) is 0 Å². The standard InChI is InChI=1S/C17H20N2O/c1-12-6-7-16(13(2)8-12)17(20)19-11-15-5-3-4-14(9-15)10-18/h3-9H,10-11,18H2,1-2H3,(H,19,20). The van der Waals surface area contributed by atoms with Gasteiger partial charge >= 0.3 is 0 Å². The zero-order valence-electron chi connectivity index (χ0n) is 11.9. The molecule has 0 heterocycles. The first kappa shape index (κ1) is 14.3. The molecule has 2 aromatic rings. The zero-order chi connectivity index (χ0) is 14.5. The van der Waals surface area contributed by atoms with Crippen LogP contribution in [0, 0.1) is 13.8 Å². The fraction of sp³-hybridized carbons (Fsp3) is 0.235. The Morgan fingerprint density at radius 1 is 1.10 bits per heavy atom. The summed E-state index contributed by atoms with van der Waals surface area (Å²) in [6.07, 6.45) is 0. The second-order valence-corrected chi connectivity index (χ2v) is 5.03. The molecule has 0 unspecified atom stereocenters. The maximum atomic E-state index is 12.2. The predicted molar refractivity (Wildman–Crippen MR) is 81.4 cm³/mol. The lowest BCUT2D eigenvalue weighted by Crippen LogP contribution is -2.23. The van der Waals surface area contributed by atoms with Gasteiger partial charge in [-0.2, -0.15) is 0 Å². The van der Waals surface area contributed by atoms with Crippen molar-refractivity contribution < 1.29 is 4.79 Å². The maximum Gasteiger partial charge on any atom is 0.251 e. The first-order chi connectivity index (χ1) is 9.60. The first-order valence-corrected chi connectivity index (χ1v) is 6.73.